The Bertz CT molecular complexity index is 2530. The molecule has 1 unspecified atom stereocenters. The Morgan fingerprint density at radius 1 is 0.725 bits per heavy atom. The van der Waals surface area contributed by atoms with E-state index in [2.05, 4.69) is 190 Å². The maximum Gasteiger partial charge on any atom is 0.0542 e. The van der Waals surface area contributed by atoms with Crippen molar-refractivity contribution in [2.75, 3.05) is 4.90 Å². The van der Waals surface area contributed by atoms with Crippen molar-refractivity contribution in [1.29, 1.82) is 0 Å². The molecule has 6 aromatic rings. The van der Waals surface area contributed by atoms with Gasteiger partial charge < -0.3 is 9.47 Å². The molecule has 0 radical (unpaired) electrons. The smallest absolute Gasteiger partial charge is 0.0542 e. The molecular formula is C49H44N2. The van der Waals surface area contributed by atoms with Crippen molar-refractivity contribution in [3.8, 4) is 5.69 Å². The highest BCUT2D eigenvalue weighted by molar-refractivity contribution is 6.10. The molecule has 2 nitrogen and oxygen atoms in total. The molecule has 3 aliphatic rings. The first-order valence-electron chi connectivity index (χ1n) is 18.3. The van der Waals surface area contributed by atoms with Gasteiger partial charge in [-0.1, -0.05) is 131 Å². The van der Waals surface area contributed by atoms with Gasteiger partial charge in [-0.3, -0.25) is 0 Å². The minimum Gasteiger partial charge on any atom is -0.315 e. The molecule has 0 N–H and O–H groups in total. The van der Waals surface area contributed by atoms with Crippen molar-refractivity contribution in [2.45, 2.75) is 51.9 Å². The molecule has 3 aliphatic carbocycles. The van der Waals surface area contributed by atoms with E-state index >= 15 is 0 Å². The highest BCUT2D eigenvalue weighted by Crippen LogP contribution is 2.55. The van der Waals surface area contributed by atoms with Gasteiger partial charge in [-0.05, 0) is 112 Å². The predicted molar refractivity (Wildman–Crippen MR) is 217 cm³/mol. The summed E-state index contributed by atoms with van der Waals surface area (Å²) in [5.74, 6) is 0.375. The van der Waals surface area contributed by atoms with Crippen molar-refractivity contribution in [3.05, 3.63) is 191 Å². The van der Waals surface area contributed by atoms with Crippen molar-refractivity contribution >= 4 is 38.6 Å². The zero-order valence-corrected chi connectivity index (χ0v) is 30.2. The summed E-state index contributed by atoms with van der Waals surface area (Å²) in [6.45, 7) is 16.6. The molecule has 0 saturated heterocycles. The fourth-order valence-electron chi connectivity index (χ4n) is 9.42. The van der Waals surface area contributed by atoms with Gasteiger partial charge in [0.25, 0.3) is 0 Å². The number of nitrogens with zero attached hydrogens (tertiary/aromatic N) is 2. The topological polar surface area (TPSA) is 8.17 Å². The Kier molecular flexibility index (Phi) is 7.06. The molecule has 0 fully saturated rings. The number of para-hydroxylation sites is 2. The molecule has 51 heavy (non-hydrogen) atoms. The SMILES string of the molecule is C=C(C=C1/C(=C\C)c2ccccc2C1(C)C)N(C1=CC=C2c3ccccc3C(C)(C)C2C1)c1ccc2c(c1)c1ccccc1n2-c1ccccc1. The lowest BCUT2D eigenvalue weighted by atomic mass is 9.73. The fraction of sp³-hybridized carbons (Fsp3) is 0.184. The first-order valence-corrected chi connectivity index (χ1v) is 18.3. The van der Waals surface area contributed by atoms with Crippen LogP contribution in [-0.4, -0.2) is 4.57 Å². The van der Waals surface area contributed by atoms with Crippen LogP contribution >= 0.6 is 0 Å². The summed E-state index contributed by atoms with van der Waals surface area (Å²) >= 11 is 0. The second kappa shape index (κ2) is 11.5. The van der Waals surface area contributed by atoms with Crippen LogP contribution in [-0.2, 0) is 10.8 Å². The third kappa shape index (κ3) is 4.62. The molecule has 1 atom stereocenters. The molecular weight excluding hydrogens is 617 g/mol. The van der Waals surface area contributed by atoms with E-state index in [1.165, 1.54) is 72.2 Å². The van der Waals surface area contributed by atoms with Crippen LogP contribution in [0.15, 0.2) is 169 Å². The predicted octanol–water partition coefficient (Wildman–Crippen LogP) is 12.7. The summed E-state index contributed by atoms with van der Waals surface area (Å²) in [5, 5.41) is 2.49. The van der Waals surface area contributed by atoms with Gasteiger partial charge in [0, 0.05) is 39.0 Å². The fourth-order valence-corrected chi connectivity index (χ4v) is 9.42. The highest BCUT2D eigenvalue weighted by Gasteiger charge is 2.44. The summed E-state index contributed by atoms with van der Waals surface area (Å²) in [5.41, 5.74) is 16.4. The van der Waals surface area contributed by atoms with Crippen molar-refractivity contribution in [3.63, 3.8) is 0 Å². The number of benzene rings is 5. The van der Waals surface area contributed by atoms with E-state index in [0.29, 0.717) is 5.92 Å². The van der Waals surface area contributed by atoms with Gasteiger partial charge in [-0.2, -0.15) is 0 Å². The van der Waals surface area contributed by atoms with Crippen molar-refractivity contribution in [1.82, 2.24) is 4.57 Å². The normalized spacial score (nSPS) is 19.9. The van der Waals surface area contributed by atoms with Gasteiger partial charge in [0.2, 0.25) is 0 Å². The Morgan fingerprint density at radius 3 is 2.18 bits per heavy atom. The van der Waals surface area contributed by atoms with E-state index in [1.54, 1.807) is 0 Å². The molecule has 1 heterocycles. The zero-order valence-electron chi connectivity index (χ0n) is 30.2. The summed E-state index contributed by atoms with van der Waals surface area (Å²) in [7, 11) is 0. The molecule has 0 amide bonds. The number of hydrogen-bond donors (Lipinski definition) is 0. The van der Waals surface area contributed by atoms with E-state index in [0.717, 1.165) is 17.8 Å². The van der Waals surface area contributed by atoms with Crippen molar-refractivity contribution < 1.29 is 0 Å². The van der Waals surface area contributed by atoms with Crippen LogP contribution < -0.4 is 4.90 Å². The van der Waals surface area contributed by atoms with Crippen LogP contribution in [0.1, 0.15) is 63.3 Å². The van der Waals surface area contributed by atoms with E-state index in [4.69, 9.17) is 6.58 Å². The van der Waals surface area contributed by atoms with Crippen LogP contribution in [0.4, 0.5) is 5.69 Å². The van der Waals surface area contributed by atoms with E-state index < -0.39 is 0 Å². The number of anilines is 1. The van der Waals surface area contributed by atoms with Crippen LogP contribution in [0.2, 0.25) is 0 Å². The molecule has 0 bridgehead atoms. The average molecular weight is 661 g/mol. The monoisotopic (exact) mass is 660 g/mol. The van der Waals surface area contributed by atoms with Crippen LogP contribution in [0, 0.1) is 5.92 Å². The molecule has 0 spiro atoms. The third-order valence-electron chi connectivity index (χ3n) is 12.0. The Hall–Kier alpha value is -5.60. The third-order valence-corrected chi connectivity index (χ3v) is 12.0. The first-order chi connectivity index (χ1) is 24.7. The number of allylic oxidation sites excluding steroid dienone is 8. The minimum absolute atomic E-state index is 0.0215. The lowest BCUT2D eigenvalue weighted by Gasteiger charge is -2.37. The number of aromatic nitrogens is 1. The summed E-state index contributed by atoms with van der Waals surface area (Å²) in [6, 6.07) is 44.3. The molecule has 250 valence electrons. The molecule has 5 aromatic carbocycles. The maximum absolute atomic E-state index is 4.88. The molecule has 9 rings (SSSR count). The van der Waals surface area contributed by atoms with Gasteiger partial charge >= 0.3 is 0 Å². The largest absolute Gasteiger partial charge is 0.315 e. The van der Waals surface area contributed by atoms with E-state index in [9.17, 15) is 0 Å². The Labute approximate surface area is 302 Å². The van der Waals surface area contributed by atoms with Gasteiger partial charge in [-0.25, -0.2) is 0 Å². The maximum atomic E-state index is 4.88. The molecule has 0 saturated carbocycles. The summed E-state index contributed by atoms with van der Waals surface area (Å²) in [4.78, 5) is 2.44. The van der Waals surface area contributed by atoms with Gasteiger partial charge in [0.05, 0.1) is 11.0 Å². The standard InChI is InChI=1S/C49H44N2/c1-7-36-37-19-11-14-22-42(37)48(3,4)44(36)29-32(2)50(35-25-27-39-38-20-12-15-23-43(38)49(5,6)45(39)31-35)34-26-28-47-41(30-34)40-21-13-16-24-46(40)51(47)33-17-9-8-10-18-33/h7-30,45H,2,31H2,1,3-6H3/b36-7-,44-29?. The first kappa shape index (κ1) is 31.4. The quantitative estimate of drug-likeness (QED) is 0.179. The van der Waals surface area contributed by atoms with Gasteiger partial charge in [-0.15, -0.1) is 0 Å². The Morgan fingerprint density at radius 2 is 1.39 bits per heavy atom. The summed E-state index contributed by atoms with van der Waals surface area (Å²) in [6.07, 6.45) is 10.3. The van der Waals surface area contributed by atoms with E-state index in [1.807, 2.05) is 0 Å². The number of rotatable bonds is 5. The second-order valence-corrected chi connectivity index (χ2v) is 15.5. The number of fused-ring (bicyclic) bond motifs is 7. The van der Waals surface area contributed by atoms with Crippen LogP contribution in [0.5, 0.6) is 0 Å². The van der Waals surface area contributed by atoms with Gasteiger partial charge in [0.15, 0.2) is 0 Å². The highest BCUT2D eigenvalue weighted by atomic mass is 15.2. The molecule has 0 aliphatic heterocycles. The van der Waals surface area contributed by atoms with Crippen LogP contribution in [0.25, 0.3) is 38.6 Å². The molecule has 1 aromatic heterocycles. The average Bonchev–Trinajstić information content (AvgIpc) is 3.68. The number of hydrogen-bond acceptors (Lipinski definition) is 1. The lowest BCUT2D eigenvalue weighted by Crippen LogP contribution is -2.30. The summed E-state index contributed by atoms with van der Waals surface area (Å²) < 4.78 is 2.39. The Balaban J connectivity index is 1.23. The van der Waals surface area contributed by atoms with E-state index in [-0.39, 0.29) is 10.8 Å². The second-order valence-electron chi connectivity index (χ2n) is 15.5. The van der Waals surface area contributed by atoms with Gasteiger partial charge in [0.1, 0.15) is 0 Å². The zero-order chi connectivity index (χ0) is 35.1. The lowest BCUT2D eigenvalue weighted by molar-refractivity contribution is 0.406. The van der Waals surface area contributed by atoms with Crippen LogP contribution in [0.3, 0.4) is 0 Å². The van der Waals surface area contributed by atoms with Crippen molar-refractivity contribution in [2.24, 2.45) is 5.92 Å². The minimum atomic E-state index is -0.150. The molecule has 2 heteroatoms.